The molecule has 8 nitrogen and oxygen atoms in total. The Hall–Kier alpha value is -3.39. The van der Waals surface area contributed by atoms with Crippen LogP contribution in [0.1, 0.15) is 6.42 Å². The van der Waals surface area contributed by atoms with E-state index in [0.717, 1.165) is 13.0 Å². The van der Waals surface area contributed by atoms with Gasteiger partial charge in [-0.15, -0.1) is 0 Å². The van der Waals surface area contributed by atoms with Crippen molar-refractivity contribution in [3.63, 3.8) is 0 Å². The summed E-state index contributed by atoms with van der Waals surface area (Å²) in [7, 11) is 0. The van der Waals surface area contributed by atoms with Crippen LogP contribution in [-0.4, -0.2) is 39.2 Å². The molecule has 0 spiro atoms. The van der Waals surface area contributed by atoms with Crippen molar-refractivity contribution in [1.82, 2.24) is 5.32 Å². The molecule has 0 saturated heterocycles. The number of ether oxygens (including phenoxy) is 5. The monoisotopic (exact) mass is 411 g/mol. The lowest BCUT2D eigenvalue weighted by atomic mass is 10.2. The van der Waals surface area contributed by atoms with Crippen molar-refractivity contribution < 1.29 is 28.1 Å². The number of rotatable bonds is 7. The molecule has 0 saturated carbocycles. The van der Waals surface area contributed by atoms with Gasteiger partial charge in [0.15, 0.2) is 28.4 Å². The van der Waals surface area contributed by atoms with Crippen LogP contribution in [0.15, 0.2) is 51.9 Å². The fraction of sp³-hybridized carbons (Fsp3) is 0.318. The molecule has 1 aromatic heterocycles. The molecule has 2 aromatic carbocycles. The van der Waals surface area contributed by atoms with Crippen LogP contribution in [-0.2, 0) is 0 Å². The second-order valence-corrected chi connectivity index (χ2v) is 7.05. The molecule has 30 heavy (non-hydrogen) atoms. The van der Waals surface area contributed by atoms with E-state index in [4.69, 9.17) is 28.1 Å². The first kappa shape index (κ1) is 18.6. The molecule has 0 bridgehead atoms. The highest BCUT2D eigenvalue weighted by Crippen LogP contribution is 2.43. The summed E-state index contributed by atoms with van der Waals surface area (Å²) in [6.45, 7) is 2.67. The SMILES string of the molecule is O=c1ccoc2cc(OCCCNC[C@@H]3COc4cc5c(cc4O3)OCO5)ccc12. The highest BCUT2D eigenvalue weighted by Gasteiger charge is 2.25. The molecule has 0 amide bonds. The molecule has 0 aliphatic carbocycles. The fourth-order valence-electron chi connectivity index (χ4n) is 3.41. The van der Waals surface area contributed by atoms with Gasteiger partial charge in [-0.05, 0) is 25.1 Å². The minimum absolute atomic E-state index is 0.0613. The van der Waals surface area contributed by atoms with Crippen LogP contribution in [0.4, 0.5) is 0 Å². The van der Waals surface area contributed by atoms with Crippen molar-refractivity contribution >= 4 is 11.0 Å². The van der Waals surface area contributed by atoms with Crippen molar-refractivity contribution in [3.05, 3.63) is 52.9 Å². The number of hydrogen-bond donors (Lipinski definition) is 1. The normalized spacial score (nSPS) is 16.6. The molecule has 2 aliphatic rings. The third-order valence-electron chi connectivity index (χ3n) is 4.93. The largest absolute Gasteiger partial charge is 0.493 e. The minimum atomic E-state index is -0.0813. The first-order valence-corrected chi connectivity index (χ1v) is 9.84. The number of fused-ring (bicyclic) bond motifs is 3. The summed E-state index contributed by atoms with van der Waals surface area (Å²) in [6.07, 6.45) is 2.13. The van der Waals surface area contributed by atoms with Crippen molar-refractivity contribution in [2.45, 2.75) is 12.5 Å². The summed E-state index contributed by atoms with van der Waals surface area (Å²) in [5.74, 6) is 3.38. The highest BCUT2D eigenvalue weighted by atomic mass is 16.7. The standard InChI is InChI=1S/C22H21NO7/c24-17-4-7-26-18-8-14(2-3-16(17)18)25-6-1-5-23-11-15-12-27-21-9-19-20(29-13-28-19)10-22(21)30-15/h2-4,7-10,15,23H,1,5-6,11-13H2/t15-/m1/s1. The fourth-order valence-corrected chi connectivity index (χ4v) is 3.41. The Morgan fingerprint density at radius 1 is 1.00 bits per heavy atom. The molecule has 1 N–H and O–H groups in total. The second kappa shape index (κ2) is 8.16. The Labute approximate surface area is 172 Å². The van der Waals surface area contributed by atoms with E-state index in [9.17, 15) is 4.79 Å². The second-order valence-electron chi connectivity index (χ2n) is 7.05. The molecule has 0 fully saturated rings. The Bertz CT molecular complexity index is 1110. The summed E-state index contributed by atoms with van der Waals surface area (Å²) in [5.41, 5.74) is 0.462. The summed E-state index contributed by atoms with van der Waals surface area (Å²) < 4.78 is 33.6. The smallest absolute Gasteiger partial charge is 0.231 e. The predicted molar refractivity (Wildman–Crippen MR) is 108 cm³/mol. The van der Waals surface area contributed by atoms with Gasteiger partial charge in [-0.1, -0.05) is 0 Å². The molecule has 5 rings (SSSR count). The van der Waals surface area contributed by atoms with E-state index in [2.05, 4.69) is 5.32 Å². The van der Waals surface area contributed by atoms with Gasteiger partial charge in [0.25, 0.3) is 0 Å². The molecule has 0 unspecified atom stereocenters. The van der Waals surface area contributed by atoms with Crippen LogP contribution in [0.25, 0.3) is 11.0 Å². The van der Waals surface area contributed by atoms with Gasteiger partial charge in [0.1, 0.15) is 24.0 Å². The van der Waals surface area contributed by atoms with E-state index < -0.39 is 0 Å². The molecule has 3 aromatic rings. The maximum absolute atomic E-state index is 11.7. The number of hydrogen-bond acceptors (Lipinski definition) is 8. The van der Waals surface area contributed by atoms with E-state index in [1.165, 1.54) is 12.3 Å². The molecule has 2 aliphatic heterocycles. The minimum Gasteiger partial charge on any atom is -0.493 e. The Kier molecular flexibility index (Phi) is 5.06. The van der Waals surface area contributed by atoms with E-state index in [1.807, 2.05) is 6.07 Å². The topological polar surface area (TPSA) is 88.4 Å². The average Bonchev–Trinajstić information content (AvgIpc) is 3.22. The lowest BCUT2D eigenvalue weighted by Gasteiger charge is -2.27. The van der Waals surface area contributed by atoms with Crippen LogP contribution >= 0.6 is 0 Å². The summed E-state index contributed by atoms with van der Waals surface area (Å²) in [6, 6.07) is 10.3. The number of benzene rings is 2. The Morgan fingerprint density at radius 2 is 1.83 bits per heavy atom. The van der Waals surface area contributed by atoms with E-state index in [0.29, 0.717) is 59.5 Å². The van der Waals surface area contributed by atoms with Gasteiger partial charge in [0, 0.05) is 30.8 Å². The van der Waals surface area contributed by atoms with E-state index in [-0.39, 0.29) is 18.3 Å². The maximum atomic E-state index is 11.7. The zero-order valence-electron chi connectivity index (χ0n) is 16.2. The maximum Gasteiger partial charge on any atom is 0.231 e. The van der Waals surface area contributed by atoms with Gasteiger partial charge < -0.3 is 33.4 Å². The third-order valence-corrected chi connectivity index (χ3v) is 4.93. The predicted octanol–water partition coefficient (Wildman–Crippen LogP) is 2.72. The number of nitrogens with one attached hydrogen (secondary N) is 1. The van der Waals surface area contributed by atoms with Crippen molar-refractivity contribution in [2.24, 2.45) is 0 Å². The lowest BCUT2D eigenvalue weighted by Crippen LogP contribution is -2.39. The third kappa shape index (κ3) is 3.86. The zero-order chi connectivity index (χ0) is 20.3. The van der Waals surface area contributed by atoms with E-state index in [1.54, 1.807) is 24.3 Å². The van der Waals surface area contributed by atoms with Crippen molar-refractivity contribution in [2.75, 3.05) is 33.1 Å². The van der Waals surface area contributed by atoms with Gasteiger partial charge in [0.05, 0.1) is 18.3 Å². The van der Waals surface area contributed by atoms with Crippen molar-refractivity contribution in [3.8, 4) is 28.7 Å². The summed E-state index contributed by atoms with van der Waals surface area (Å²) in [5, 5.41) is 3.91. The van der Waals surface area contributed by atoms with Crippen LogP contribution in [0, 0.1) is 0 Å². The average molecular weight is 411 g/mol. The molecule has 0 radical (unpaired) electrons. The van der Waals surface area contributed by atoms with Gasteiger partial charge in [0.2, 0.25) is 6.79 Å². The zero-order valence-corrected chi connectivity index (χ0v) is 16.2. The first-order valence-electron chi connectivity index (χ1n) is 9.84. The van der Waals surface area contributed by atoms with Crippen LogP contribution in [0.5, 0.6) is 28.7 Å². The summed E-state index contributed by atoms with van der Waals surface area (Å²) >= 11 is 0. The Balaban J connectivity index is 1.05. The van der Waals surface area contributed by atoms with Crippen LogP contribution in [0.2, 0.25) is 0 Å². The van der Waals surface area contributed by atoms with Gasteiger partial charge in [-0.2, -0.15) is 0 Å². The van der Waals surface area contributed by atoms with Crippen molar-refractivity contribution in [1.29, 1.82) is 0 Å². The molecule has 8 heteroatoms. The van der Waals surface area contributed by atoms with Gasteiger partial charge in [-0.3, -0.25) is 4.79 Å². The molecule has 156 valence electrons. The molecule has 3 heterocycles. The quantitative estimate of drug-likeness (QED) is 0.594. The van der Waals surface area contributed by atoms with Crippen LogP contribution < -0.4 is 34.4 Å². The van der Waals surface area contributed by atoms with Crippen LogP contribution in [0.3, 0.4) is 0 Å². The highest BCUT2D eigenvalue weighted by molar-refractivity contribution is 5.77. The lowest BCUT2D eigenvalue weighted by molar-refractivity contribution is 0.0899. The Morgan fingerprint density at radius 3 is 2.73 bits per heavy atom. The molecule has 1 atom stereocenters. The first-order chi connectivity index (χ1) is 14.8. The van der Waals surface area contributed by atoms with E-state index >= 15 is 0 Å². The summed E-state index contributed by atoms with van der Waals surface area (Å²) in [4.78, 5) is 11.7. The molecular weight excluding hydrogens is 390 g/mol. The van der Waals surface area contributed by atoms with Gasteiger partial charge in [-0.25, -0.2) is 0 Å². The molecular formula is C22H21NO7. The van der Waals surface area contributed by atoms with Gasteiger partial charge >= 0.3 is 0 Å².